The van der Waals surface area contributed by atoms with Crippen molar-refractivity contribution in [1.29, 1.82) is 0 Å². The van der Waals surface area contributed by atoms with Crippen LogP contribution in [0.15, 0.2) is 6.07 Å². The van der Waals surface area contributed by atoms with Crippen LogP contribution < -0.4 is 4.90 Å². The molecule has 1 aromatic rings. The van der Waals surface area contributed by atoms with Crippen molar-refractivity contribution < 1.29 is 0 Å². The van der Waals surface area contributed by atoms with Crippen molar-refractivity contribution in [3.05, 3.63) is 17.0 Å². The Kier molecular flexibility index (Phi) is 5.22. The lowest BCUT2D eigenvalue weighted by molar-refractivity contribution is 0.222. The fourth-order valence-corrected chi connectivity index (χ4v) is 2.79. The number of rotatable bonds is 4. The highest BCUT2D eigenvalue weighted by Crippen LogP contribution is 2.22. The van der Waals surface area contributed by atoms with E-state index >= 15 is 0 Å². The highest BCUT2D eigenvalue weighted by Gasteiger charge is 2.19. The zero-order chi connectivity index (χ0) is 14.7. The molecular weight excluding hydrogens is 272 g/mol. The molecule has 0 amide bonds. The van der Waals surface area contributed by atoms with Crippen LogP contribution in [0.25, 0.3) is 0 Å². The molecule has 0 spiro atoms. The molecular formula is C15H25ClN4. The minimum absolute atomic E-state index is 0.296. The normalized spacial score (nSPS) is 17.7. The smallest absolute Gasteiger partial charge is 0.135 e. The minimum Gasteiger partial charge on any atom is -0.359 e. The zero-order valence-corrected chi connectivity index (χ0v) is 13.7. The van der Waals surface area contributed by atoms with E-state index in [4.69, 9.17) is 11.6 Å². The van der Waals surface area contributed by atoms with Crippen molar-refractivity contribution in [1.82, 2.24) is 14.9 Å². The Morgan fingerprint density at radius 3 is 2.60 bits per heavy atom. The van der Waals surface area contributed by atoms with Gasteiger partial charge in [0.05, 0.1) is 0 Å². The molecule has 1 aromatic heterocycles. The third kappa shape index (κ3) is 4.06. The molecule has 5 heteroatoms. The molecule has 1 fully saturated rings. The van der Waals surface area contributed by atoms with Gasteiger partial charge in [0.25, 0.3) is 0 Å². The Hall–Kier alpha value is -0.870. The quantitative estimate of drug-likeness (QED) is 0.800. The van der Waals surface area contributed by atoms with Gasteiger partial charge in [0.15, 0.2) is 0 Å². The predicted molar refractivity (Wildman–Crippen MR) is 84.6 cm³/mol. The highest BCUT2D eigenvalue weighted by atomic mass is 35.5. The van der Waals surface area contributed by atoms with Gasteiger partial charge >= 0.3 is 0 Å². The summed E-state index contributed by atoms with van der Waals surface area (Å²) in [6.45, 7) is 7.61. The van der Waals surface area contributed by atoms with Gasteiger partial charge in [0.2, 0.25) is 0 Å². The zero-order valence-electron chi connectivity index (χ0n) is 12.9. The van der Waals surface area contributed by atoms with Gasteiger partial charge < -0.3 is 9.80 Å². The molecule has 1 aliphatic rings. The van der Waals surface area contributed by atoms with Crippen LogP contribution in [0.1, 0.15) is 38.4 Å². The lowest BCUT2D eigenvalue weighted by atomic mass is 9.97. The molecule has 4 nitrogen and oxygen atoms in total. The number of anilines is 1. The molecule has 1 aliphatic heterocycles. The molecule has 2 rings (SSSR count). The van der Waals surface area contributed by atoms with Gasteiger partial charge in [-0.2, -0.15) is 0 Å². The Bertz CT molecular complexity index is 441. The van der Waals surface area contributed by atoms with Crippen LogP contribution in [0.4, 0.5) is 5.82 Å². The van der Waals surface area contributed by atoms with Crippen LogP contribution in [0.2, 0.25) is 5.15 Å². The summed E-state index contributed by atoms with van der Waals surface area (Å²) in [5, 5.41) is 0.536. The van der Waals surface area contributed by atoms with Crippen LogP contribution in [-0.2, 0) is 0 Å². The fourth-order valence-electron chi connectivity index (χ4n) is 2.60. The maximum absolute atomic E-state index is 6.12. The summed E-state index contributed by atoms with van der Waals surface area (Å²) in [6, 6.07) is 1.86. The second kappa shape index (κ2) is 6.72. The molecule has 0 N–H and O–H groups in total. The van der Waals surface area contributed by atoms with E-state index in [1.807, 2.05) is 6.07 Å². The molecule has 0 bridgehead atoms. The molecule has 0 radical (unpaired) electrons. The second-order valence-corrected chi connectivity index (χ2v) is 6.58. The molecule has 0 atom stereocenters. The van der Waals surface area contributed by atoms with Gasteiger partial charge in [-0.15, -0.1) is 0 Å². The van der Waals surface area contributed by atoms with Gasteiger partial charge in [0, 0.05) is 25.6 Å². The summed E-state index contributed by atoms with van der Waals surface area (Å²) in [7, 11) is 4.29. The van der Waals surface area contributed by atoms with Crippen LogP contribution in [-0.4, -0.2) is 48.6 Å². The summed E-state index contributed by atoms with van der Waals surface area (Å²) < 4.78 is 0. The van der Waals surface area contributed by atoms with Crippen molar-refractivity contribution in [3.8, 4) is 0 Å². The van der Waals surface area contributed by atoms with Crippen molar-refractivity contribution >= 4 is 17.4 Å². The second-order valence-electron chi connectivity index (χ2n) is 6.19. The standard InChI is InChI=1S/C15H25ClN4/c1-11(2)15-17-13(16)9-14(18-15)20(4)10-12-5-7-19(3)8-6-12/h9,11-12H,5-8,10H2,1-4H3. The van der Waals surface area contributed by atoms with Gasteiger partial charge in [-0.1, -0.05) is 25.4 Å². The van der Waals surface area contributed by atoms with E-state index in [1.54, 1.807) is 0 Å². The first-order valence-corrected chi connectivity index (χ1v) is 7.77. The molecule has 20 heavy (non-hydrogen) atoms. The average Bonchev–Trinajstić information content (AvgIpc) is 2.40. The number of halogens is 1. The topological polar surface area (TPSA) is 32.3 Å². The summed E-state index contributed by atoms with van der Waals surface area (Å²) in [6.07, 6.45) is 2.52. The number of likely N-dealkylation sites (tertiary alicyclic amines) is 1. The van der Waals surface area contributed by atoms with Gasteiger partial charge in [-0.25, -0.2) is 9.97 Å². The molecule has 0 unspecified atom stereocenters. The van der Waals surface area contributed by atoms with E-state index in [2.05, 4.69) is 47.7 Å². The third-order valence-corrected chi connectivity index (χ3v) is 4.17. The summed E-state index contributed by atoms with van der Waals surface area (Å²) in [5.41, 5.74) is 0. The van der Waals surface area contributed by atoms with Crippen molar-refractivity contribution in [3.63, 3.8) is 0 Å². The van der Waals surface area contributed by atoms with Crippen molar-refractivity contribution in [2.75, 3.05) is 38.6 Å². The molecule has 112 valence electrons. The predicted octanol–water partition coefficient (Wildman–Crippen LogP) is 3.03. The van der Waals surface area contributed by atoms with E-state index in [0.29, 0.717) is 11.1 Å². The van der Waals surface area contributed by atoms with E-state index < -0.39 is 0 Å². The maximum atomic E-state index is 6.12. The monoisotopic (exact) mass is 296 g/mol. The molecule has 0 saturated carbocycles. The van der Waals surface area contributed by atoms with Crippen LogP contribution in [0, 0.1) is 5.92 Å². The minimum atomic E-state index is 0.296. The number of hydrogen-bond acceptors (Lipinski definition) is 4. The number of aromatic nitrogens is 2. The highest BCUT2D eigenvalue weighted by molar-refractivity contribution is 6.29. The van der Waals surface area contributed by atoms with Crippen LogP contribution in [0.5, 0.6) is 0 Å². The first kappa shape index (κ1) is 15.5. The van der Waals surface area contributed by atoms with Gasteiger partial charge in [-0.3, -0.25) is 0 Å². The van der Waals surface area contributed by atoms with Crippen molar-refractivity contribution in [2.45, 2.75) is 32.6 Å². The third-order valence-electron chi connectivity index (χ3n) is 3.98. The first-order valence-electron chi connectivity index (χ1n) is 7.40. The Morgan fingerprint density at radius 2 is 2.00 bits per heavy atom. The number of nitrogens with zero attached hydrogens (tertiary/aromatic N) is 4. The molecule has 2 heterocycles. The molecule has 0 aromatic carbocycles. The Labute approximate surface area is 127 Å². The van der Waals surface area contributed by atoms with E-state index in [9.17, 15) is 0 Å². The molecule has 0 aliphatic carbocycles. The van der Waals surface area contributed by atoms with E-state index in [-0.39, 0.29) is 0 Å². The van der Waals surface area contributed by atoms with Gasteiger partial charge in [0.1, 0.15) is 16.8 Å². The summed E-state index contributed by atoms with van der Waals surface area (Å²) in [5.74, 6) is 2.80. The Balaban J connectivity index is 2.03. The number of hydrogen-bond donors (Lipinski definition) is 0. The summed E-state index contributed by atoms with van der Waals surface area (Å²) in [4.78, 5) is 13.5. The van der Waals surface area contributed by atoms with E-state index in [1.165, 1.54) is 25.9 Å². The van der Waals surface area contributed by atoms with Gasteiger partial charge in [-0.05, 0) is 38.9 Å². The average molecular weight is 297 g/mol. The lowest BCUT2D eigenvalue weighted by Gasteiger charge is -2.32. The largest absolute Gasteiger partial charge is 0.359 e. The first-order chi connectivity index (χ1) is 9.45. The van der Waals surface area contributed by atoms with E-state index in [0.717, 1.165) is 24.1 Å². The van der Waals surface area contributed by atoms with Crippen LogP contribution in [0.3, 0.4) is 0 Å². The SMILES string of the molecule is CC(C)c1nc(Cl)cc(N(C)CC2CCN(C)CC2)n1. The molecule has 1 saturated heterocycles. The lowest BCUT2D eigenvalue weighted by Crippen LogP contribution is -2.36. The van der Waals surface area contributed by atoms with Crippen LogP contribution >= 0.6 is 11.6 Å². The van der Waals surface area contributed by atoms with Crippen molar-refractivity contribution in [2.24, 2.45) is 5.92 Å². The Morgan fingerprint density at radius 1 is 1.35 bits per heavy atom. The maximum Gasteiger partial charge on any atom is 0.135 e. The fraction of sp³-hybridized carbons (Fsp3) is 0.733. The summed E-state index contributed by atoms with van der Waals surface area (Å²) >= 11 is 6.12. The number of piperidine rings is 1.